The minimum absolute atomic E-state index is 0.0867. The molecule has 2 N–H and O–H groups in total. The highest BCUT2D eigenvalue weighted by Gasteiger charge is 2.21. The van der Waals surface area contributed by atoms with Crippen molar-refractivity contribution in [1.82, 2.24) is 10.6 Å². The molecule has 110 valence electrons. The largest absolute Gasteiger partial charge is 0.350 e. The van der Waals surface area contributed by atoms with Crippen molar-refractivity contribution >= 4 is 5.91 Å². The summed E-state index contributed by atoms with van der Waals surface area (Å²) < 4.78 is 0. The van der Waals surface area contributed by atoms with Gasteiger partial charge in [0.2, 0.25) is 5.91 Å². The van der Waals surface area contributed by atoms with E-state index in [4.69, 9.17) is 0 Å². The lowest BCUT2D eigenvalue weighted by Crippen LogP contribution is -2.44. The van der Waals surface area contributed by atoms with Gasteiger partial charge in [-0.15, -0.1) is 0 Å². The Labute approximate surface area is 122 Å². The second-order valence-electron chi connectivity index (χ2n) is 6.36. The molecule has 0 saturated carbocycles. The van der Waals surface area contributed by atoms with Crippen molar-refractivity contribution in [3.05, 3.63) is 35.4 Å². The summed E-state index contributed by atoms with van der Waals surface area (Å²) >= 11 is 0. The van der Waals surface area contributed by atoms with Crippen molar-refractivity contribution in [3.8, 4) is 0 Å². The highest BCUT2D eigenvalue weighted by Crippen LogP contribution is 2.16. The highest BCUT2D eigenvalue weighted by molar-refractivity contribution is 5.76. The Kier molecular flexibility index (Phi) is 5.18. The summed E-state index contributed by atoms with van der Waals surface area (Å²) in [6, 6.07) is 8.70. The van der Waals surface area contributed by atoms with Crippen LogP contribution >= 0.6 is 0 Å². The Morgan fingerprint density at radius 3 is 2.40 bits per heavy atom. The van der Waals surface area contributed by atoms with Crippen molar-refractivity contribution in [2.24, 2.45) is 11.8 Å². The van der Waals surface area contributed by atoms with Crippen molar-refractivity contribution in [1.29, 1.82) is 0 Å². The molecule has 20 heavy (non-hydrogen) atoms. The van der Waals surface area contributed by atoms with E-state index in [1.54, 1.807) is 0 Å². The van der Waals surface area contributed by atoms with Crippen LogP contribution in [0.25, 0.3) is 0 Å². The number of amides is 1. The van der Waals surface area contributed by atoms with Gasteiger partial charge in [0.1, 0.15) is 0 Å². The van der Waals surface area contributed by atoms with Crippen molar-refractivity contribution in [3.63, 3.8) is 0 Å². The first-order valence-electron chi connectivity index (χ1n) is 7.63. The topological polar surface area (TPSA) is 41.1 Å². The molecule has 1 aromatic rings. The van der Waals surface area contributed by atoms with Gasteiger partial charge in [-0.25, -0.2) is 0 Å². The quantitative estimate of drug-likeness (QED) is 0.837. The summed E-state index contributed by atoms with van der Waals surface area (Å²) in [6.07, 6.45) is 1.75. The fourth-order valence-corrected chi connectivity index (χ4v) is 2.55. The molecule has 0 aliphatic carbocycles. The fraction of sp³-hybridized carbons (Fsp3) is 0.588. The van der Waals surface area contributed by atoms with Crippen LogP contribution < -0.4 is 10.6 Å². The van der Waals surface area contributed by atoms with Gasteiger partial charge in [0.05, 0.1) is 6.04 Å². The van der Waals surface area contributed by atoms with E-state index >= 15 is 0 Å². The van der Waals surface area contributed by atoms with Crippen LogP contribution in [0.1, 0.15) is 44.4 Å². The third-order valence-corrected chi connectivity index (χ3v) is 3.84. The van der Waals surface area contributed by atoms with Crippen molar-refractivity contribution in [2.75, 3.05) is 13.1 Å². The molecule has 1 aliphatic heterocycles. The SMILES string of the molecule is CC(C)Cc1ccc(C(C)NC(=O)CC2CNC2)cc1. The van der Waals surface area contributed by atoms with E-state index in [-0.39, 0.29) is 11.9 Å². The summed E-state index contributed by atoms with van der Waals surface area (Å²) in [5.74, 6) is 1.36. The normalized spacial score (nSPS) is 16.8. The summed E-state index contributed by atoms with van der Waals surface area (Å²) in [4.78, 5) is 11.9. The average molecular weight is 274 g/mol. The van der Waals surface area contributed by atoms with Crippen LogP contribution in [0.5, 0.6) is 0 Å². The van der Waals surface area contributed by atoms with Gasteiger partial charge in [-0.05, 0) is 49.4 Å². The Bertz CT molecular complexity index is 435. The molecule has 2 rings (SSSR count). The molecule has 1 heterocycles. The van der Waals surface area contributed by atoms with Gasteiger partial charge in [0.25, 0.3) is 0 Å². The van der Waals surface area contributed by atoms with E-state index in [1.807, 2.05) is 6.92 Å². The van der Waals surface area contributed by atoms with Gasteiger partial charge in [-0.1, -0.05) is 38.1 Å². The molecule has 1 amide bonds. The van der Waals surface area contributed by atoms with Crippen molar-refractivity contribution in [2.45, 2.75) is 39.7 Å². The zero-order valence-electron chi connectivity index (χ0n) is 12.8. The van der Waals surface area contributed by atoms with E-state index < -0.39 is 0 Å². The number of nitrogens with one attached hydrogen (secondary N) is 2. The van der Waals surface area contributed by atoms with Crippen LogP contribution in [0.2, 0.25) is 0 Å². The molecule has 1 saturated heterocycles. The van der Waals surface area contributed by atoms with E-state index in [1.165, 1.54) is 11.1 Å². The first kappa shape index (κ1) is 15.0. The molecule has 3 nitrogen and oxygen atoms in total. The molecule has 0 radical (unpaired) electrons. The molecule has 0 aromatic heterocycles. The number of benzene rings is 1. The monoisotopic (exact) mass is 274 g/mol. The maximum Gasteiger partial charge on any atom is 0.220 e. The van der Waals surface area contributed by atoms with Crippen LogP contribution in [0.4, 0.5) is 0 Å². The molecule has 1 aliphatic rings. The zero-order chi connectivity index (χ0) is 14.5. The molecule has 0 bridgehead atoms. The van der Waals surface area contributed by atoms with E-state index in [0.29, 0.717) is 18.3 Å². The van der Waals surface area contributed by atoms with Crippen LogP contribution in [-0.4, -0.2) is 19.0 Å². The molecule has 1 unspecified atom stereocenters. The summed E-state index contributed by atoms with van der Waals surface area (Å²) in [5, 5.41) is 6.28. The molecular weight excluding hydrogens is 248 g/mol. The maximum atomic E-state index is 11.9. The van der Waals surface area contributed by atoms with E-state index in [0.717, 1.165) is 19.5 Å². The minimum atomic E-state index is 0.0867. The lowest BCUT2D eigenvalue weighted by Gasteiger charge is -2.27. The molecule has 0 spiro atoms. The number of hydrogen-bond donors (Lipinski definition) is 2. The van der Waals surface area contributed by atoms with Crippen molar-refractivity contribution < 1.29 is 4.79 Å². The smallest absolute Gasteiger partial charge is 0.220 e. The van der Waals surface area contributed by atoms with Crippen LogP contribution in [-0.2, 0) is 11.2 Å². The average Bonchev–Trinajstić information content (AvgIpc) is 2.34. The van der Waals surface area contributed by atoms with Crippen LogP contribution in [0.15, 0.2) is 24.3 Å². The number of carbonyl (C=O) groups excluding carboxylic acids is 1. The van der Waals surface area contributed by atoms with Gasteiger partial charge >= 0.3 is 0 Å². The Morgan fingerprint density at radius 1 is 1.25 bits per heavy atom. The predicted molar refractivity (Wildman–Crippen MR) is 82.5 cm³/mol. The third kappa shape index (κ3) is 4.34. The molecule has 1 fully saturated rings. The summed E-state index contributed by atoms with van der Waals surface area (Å²) in [7, 11) is 0. The maximum absolute atomic E-state index is 11.9. The number of carbonyl (C=O) groups is 1. The zero-order valence-corrected chi connectivity index (χ0v) is 12.8. The standard InChI is InChI=1S/C17H26N2O/c1-12(2)8-14-4-6-16(7-5-14)13(3)19-17(20)9-15-10-18-11-15/h4-7,12-13,15,18H,8-11H2,1-3H3,(H,19,20). The Balaban J connectivity index is 1.84. The molecule has 1 aromatic carbocycles. The predicted octanol–water partition coefficient (Wildman–Crippen LogP) is 2.67. The second kappa shape index (κ2) is 6.89. The van der Waals surface area contributed by atoms with Gasteiger partial charge in [-0.2, -0.15) is 0 Å². The lowest BCUT2D eigenvalue weighted by atomic mass is 9.98. The minimum Gasteiger partial charge on any atom is -0.350 e. The van der Waals surface area contributed by atoms with Gasteiger partial charge in [0.15, 0.2) is 0 Å². The molecule has 1 atom stereocenters. The lowest BCUT2D eigenvalue weighted by molar-refractivity contribution is -0.123. The highest BCUT2D eigenvalue weighted by atomic mass is 16.1. The summed E-state index contributed by atoms with van der Waals surface area (Å²) in [6.45, 7) is 8.46. The van der Waals surface area contributed by atoms with Gasteiger partial charge in [-0.3, -0.25) is 4.79 Å². The number of rotatable bonds is 6. The fourth-order valence-electron chi connectivity index (χ4n) is 2.55. The van der Waals surface area contributed by atoms with E-state index in [9.17, 15) is 4.79 Å². The first-order valence-corrected chi connectivity index (χ1v) is 7.63. The Morgan fingerprint density at radius 2 is 1.90 bits per heavy atom. The van der Waals surface area contributed by atoms with Crippen LogP contribution in [0.3, 0.4) is 0 Å². The third-order valence-electron chi connectivity index (χ3n) is 3.84. The van der Waals surface area contributed by atoms with E-state index in [2.05, 4.69) is 48.7 Å². The molecular formula is C17H26N2O. The Hall–Kier alpha value is -1.35. The first-order chi connectivity index (χ1) is 9.54. The van der Waals surface area contributed by atoms with Gasteiger partial charge < -0.3 is 10.6 Å². The van der Waals surface area contributed by atoms with Gasteiger partial charge in [0, 0.05) is 6.42 Å². The number of hydrogen-bond acceptors (Lipinski definition) is 2. The second-order valence-corrected chi connectivity index (χ2v) is 6.36. The summed E-state index contributed by atoms with van der Waals surface area (Å²) in [5.41, 5.74) is 2.54. The van der Waals surface area contributed by atoms with Crippen LogP contribution in [0, 0.1) is 11.8 Å². The molecule has 3 heteroatoms.